The Kier molecular flexibility index (Phi) is 6.64. The first-order valence-corrected chi connectivity index (χ1v) is 10.5. The predicted molar refractivity (Wildman–Crippen MR) is 117 cm³/mol. The fourth-order valence-corrected chi connectivity index (χ4v) is 3.86. The highest BCUT2D eigenvalue weighted by molar-refractivity contribution is 5.92. The summed E-state index contributed by atoms with van der Waals surface area (Å²) < 4.78 is 11.3. The molecule has 1 aliphatic carbocycles. The fourth-order valence-electron chi connectivity index (χ4n) is 3.86. The number of anilines is 1. The van der Waals surface area contributed by atoms with Gasteiger partial charge in [-0.2, -0.15) is 0 Å². The number of nitrogens with two attached hydrogens (primary N) is 1. The van der Waals surface area contributed by atoms with Crippen LogP contribution in [0.1, 0.15) is 23.1 Å². The van der Waals surface area contributed by atoms with Crippen molar-refractivity contribution in [3.05, 3.63) is 59.2 Å². The number of morpholine rings is 1. The number of fused-ring (bicyclic) bond motifs is 1. The van der Waals surface area contributed by atoms with E-state index in [4.69, 9.17) is 15.2 Å². The number of hydrogen-bond acceptors (Lipinski definition) is 4. The molecule has 1 fully saturated rings. The standard InChI is InChI=1S/C23H30N4O2/c24-23(26-21-8-7-19-4-2-5-20(19)16-21)25-17-18-3-1-6-22(15-18)29-14-11-27-9-12-28-13-10-27/h1,3,6-8,15-16H,2,4-5,9-14,17H2,(H3,24,25,26). The van der Waals surface area contributed by atoms with Gasteiger partial charge < -0.3 is 20.5 Å². The van der Waals surface area contributed by atoms with Crippen molar-refractivity contribution in [2.45, 2.75) is 25.8 Å². The third kappa shape index (κ3) is 5.71. The summed E-state index contributed by atoms with van der Waals surface area (Å²) in [5.74, 6) is 1.30. The summed E-state index contributed by atoms with van der Waals surface area (Å²) in [7, 11) is 0. The van der Waals surface area contributed by atoms with Crippen LogP contribution in [0.5, 0.6) is 5.75 Å². The summed E-state index contributed by atoms with van der Waals surface area (Å²) in [6.07, 6.45) is 3.58. The van der Waals surface area contributed by atoms with Gasteiger partial charge in [0.1, 0.15) is 12.4 Å². The third-order valence-electron chi connectivity index (χ3n) is 5.48. The minimum atomic E-state index is 0.432. The molecule has 0 aromatic heterocycles. The monoisotopic (exact) mass is 394 g/mol. The van der Waals surface area contributed by atoms with E-state index >= 15 is 0 Å². The van der Waals surface area contributed by atoms with Gasteiger partial charge in [0.25, 0.3) is 0 Å². The number of guanidine groups is 1. The van der Waals surface area contributed by atoms with Gasteiger partial charge in [-0.05, 0) is 60.2 Å². The summed E-state index contributed by atoms with van der Waals surface area (Å²) in [5.41, 5.74) is 11.1. The number of nitrogens with one attached hydrogen (secondary N) is 1. The van der Waals surface area contributed by atoms with Crippen molar-refractivity contribution in [2.24, 2.45) is 10.7 Å². The summed E-state index contributed by atoms with van der Waals surface area (Å²) in [5, 5.41) is 3.21. The van der Waals surface area contributed by atoms with E-state index in [2.05, 4.69) is 33.4 Å². The van der Waals surface area contributed by atoms with Crippen LogP contribution in [0.4, 0.5) is 5.69 Å². The van der Waals surface area contributed by atoms with Crippen LogP contribution in [0.25, 0.3) is 0 Å². The van der Waals surface area contributed by atoms with Crippen LogP contribution >= 0.6 is 0 Å². The van der Waals surface area contributed by atoms with Crippen LogP contribution in [0.15, 0.2) is 47.5 Å². The summed E-state index contributed by atoms with van der Waals surface area (Å²) in [4.78, 5) is 6.85. The first kappa shape index (κ1) is 19.7. The molecule has 0 unspecified atom stereocenters. The average Bonchev–Trinajstić information content (AvgIpc) is 3.21. The lowest BCUT2D eigenvalue weighted by molar-refractivity contribution is 0.0322. The van der Waals surface area contributed by atoms with E-state index in [1.807, 2.05) is 24.3 Å². The number of aryl methyl sites for hydroxylation is 2. The second kappa shape index (κ2) is 9.76. The Hall–Kier alpha value is -2.57. The normalized spacial score (nSPS) is 17.2. The Morgan fingerprint density at radius 3 is 2.86 bits per heavy atom. The lowest BCUT2D eigenvalue weighted by atomic mass is 10.1. The van der Waals surface area contributed by atoms with E-state index in [0.29, 0.717) is 19.1 Å². The lowest BCUT2D eigenvalue weighted by Crippen LogP contribution is -2.38. The van der Waals surface area contributed by atoms with Crippen LogP contribution in [-0.2, 0) is 24.1 Å². The van der Waals surface area contributed by atoms with Gasteiger partial charge in [0.05, 0.1) is 19.8 Å². The molecule has 2 aromatic carbocycles. The molecule has 0 radical (unpaired) electrons. The quantitative estimate of drug-likeness (QED) is 0.558. The Labute approximate surface area is 172 Å². The maximum absolute atomic E-state index is 6.09. The number of nitrogens with zero attached hydrogens (tertiary/aromatic N) is 2. The second-order valence-electron chi connectivity index (χ2n) is 7.61. The van der Waals surface area contributed by atoms with Gasteiger partial charge in [-0.3, -0.25) is 4.90 Å². The summed E-state index contributed by atoms with van der Waals surface area (Å²) in [6, 6.07) is 14.5. The SMILES string of the molecule is NC(=NCc1cccc(OCCN2CCOCC2)c1)Nc1ccc2c(c1)CCC2. The highest BCUT2D eigenvalue weighted by Crippen LogP contribution is 2.24. The molecule has 1 heterocycles. The molecule has 0 atom stereocenters. The maximum Gasteiger partial charge on any atom is 0.193 e. The fraction of sp³-hybridized carbons (Fsp3) is 0.435. The number of aliphatic imine (C=N–C) groups is 1. The van der Waals surface area contributed by atoms with Crippen molar-refractivity contribution in [1.29, 1.82) is 0 Å². The Morgan fingerprint density at radius 2 is 1.97 bits per heavy atom. The van der Waals surface area contributed by atoms with E-state index in [-0.39, 0.29) is 0 Å². The first-order valence-electron chi connectivity index (χ1n) is 10.5. The van der Waals surface area contributed by atoms with Gasteiger partial charge in [-0.25, -0.2) is 4.99 Å². The minimum Gasteiger partial charge on any atom is -0.492 e. The van der Waals surface area contributed by atoms with E-state index in [0.717, 1.165) is 56.3 Å². The third-order valence-corrected chi connectivity index (χ3v) is 5.48. The molecule has 1 aliphatic heterocycles. The van der Waals surface area contributed by atoms with Crippen LogP contribution in [0.3, 0.4) is 0 Å². The number of rotatable bonds is 7. The molecule has 1 saturated heterocycles. The zero-order valence-corrected chi connectivity index (χ0v) is 16.9. The van der Waals surface area contributed by atoms with Gasteiger partial charge in [-0.15, -0.1) is 0 Å². The number of benzene rings is 2. The predicted octanol–water partition coefficient (Wildman–Crippen LogP) is 2.81. The number of ether oxygens (including phenoxy) is 2. The zero-order chi connectivity index (χ0) is 19.9. The van der Waals surface area contributed by atoms with Crippen molar-refractivity contribution in [2.75, 3.05) is 44.8 Å². The van der Waals surface area contributed by atoms with Crippen molar-refractivity contribution in [3.8, 4) is 5.75 Å². The van der Waals surface area contributed by atoms with Gasteiger partial charge >= 0.3 is 0 Å². The number of hydrogen-bond donors (Lipinski definition) is 2. The maximum atomic E-state index is 6.09. The van der Waals surface area contributed by atoms with Crippen molar-refractivity contribution < 1.29 is 9.47 Å². The molecule has 3 N–H and O–H groups in total. The summed E-state index contributed by atoms with van der Waals surface area (Å²) >= 11 is 0. The zero-order valence-electron chi connectivity index (χ0n) is 16.9. The first-order chi connectivity index (χ1) is 14.3. The van der Waals surface area contributed by atoms with E-state index < -0.39 is 0 Å². The molecule has 4 rings (SSSR count). The second-order valence-corrected chi connectivity index (χ2v) is 7.61. The Bertz CT molecular complexity index is 847. The smallest absolute Gasteiger partial charge is 0.193 e. The molecule has 0 spiro atoms. The average molecular weight is 395 g/mol. The van der Waals surface area contributed by atoms with Crippen LogP contribution in [0, 0.1) is 0 Å². The van der Waals surface area contributed by atoms with Crippen molar-refractivity contribution in [1.82, 2.24) is 4.90 Å². The molecule has 6 nitrogen and oxygen atoms in total. The Morgan fingerprint density at radius 1 is 1.10 bits per heavy atom. The molecule has 0 saturated carbocycles. The van der Waals surface area contributed by atoms with Crippen LogP contribution < -0.4 is 15.8 Å². The van der Waals surface area contributed by atoms with E-state index in [9.17, 15) is 0 Å². The Balaban J connectivity index is 1.26. The molecular formula is C23H30N4O2. The largest absolute Gasteiger partial charge is 0.492 e. The molecule has 2 aliphatic rings. The molecule has 0 bridgehead atoms. The highest BCUT2D eigenvalue weighted by atomic mass is 16.5. The molecule has 2 aromatic rings. The van der Waals surface area contributed by atoms with Gasteiger partial charge in [0.15, 0.2) is 5.96 Å². The molecular weight excluding hydrogens is 364 g/mol. The highest BCUT2D eigenvalue weighted by Gasteiger charge is 2.11. The summed E-state index contributed by atoms with van der Waals surface area (Å²) in [6.45, 7) is 5.70. The van der Waals surface area contributed by atoms with Crippen LogP contribution in [0.2, 0.25) is 0 Å². The van der Waals surface area contributed by atoms with E-state index in [1.54, 1.807) is 0 Å². The molecule has 29 heavy (non-hydrogen) atoms. The minimum absolute atomic E-state index is 0.432. The van der Waals surface area contributed by atoms with Gasteiger partial charge in [0, 0.05) is 25.3 Å². The van der Waals surface area contributed by atoms with Gasteiger partial charge in [0.2, 0.25) is 0 Å². The van der Waals surface area contributed by atoms with Crippen molar-refractivity contribution in [3.63, 3.8) is 0 Å². The molecule has 6 heteroatoms. The van der Waals surface area contributed by atoms with Gasteiger partial charge in [-0.1, -0.05) is 18.2 Å². The molecule has 154 valence electrons. The van der Waals surface area contributed by atoms with Crippen molar-refractivity contribution >= 4 is 11.6 Å². The van der Waals surface area contributed by atoms with E-state index in [1.165, 1.54) is 24.0 Å². The van der Waals surface area contributed by atoms with Crippen LogP contribution in [-0.4, -0.2) is 50.3 Å². The lowest BCUT2D eigenvalue weighted by Gasteiger charge is -2.26. The molecule has 0 amide bonds. The topological polar surface area (TPSA) is 72.1 Å².